The van der Waals surface area contributed by atoms with E-state index in [0.717, 1.165) is 5.39 Å². The molecule has 3 rings (SSSR count). The van der Waals surface area contributed by atoms with Crippen molar-refractivity contribution in [2.75, 3.05) is 0 Å². The highest BCUT2D eigenvalue weighted by Crippen LogP contribution is 2.31. The molecule has 108 valence electrons. The van der Waals surface area contributed by atoms with Crippen LogP contribution in [0.15, 0.2) is 46.9 Å². The Hall–Kier alpha value is -1.55. The highest BCUT2D eigenvalue weighted by atomic mass is 35.5. The van der Waals surface area contributed by atoms with Gasteiger partial charge in [-0.15, -0.1) is 0 Å². The van der Waals surface area contributed by atoms with Crippen LogP contribution in [0.1, 0.15) is 17.4 Å². The first-order valence-corrected chi connectivity index (χ1v) is 7.11. The molecular formula is C16H11Cl2FO2. The fourth-order valence-electron chi connectivity index (χ4n) is 2.23. The third-order valence-corrected chi connectivity index (χ3v) is 3.88. The van der Waals surface area contributed by atoms with E-state index >= 15 is 0 Å². The van der Waals surface area contributed by atoms with Gasteiger partial charge in [-0.3, -0.25) is 0 Å². The van der Waals surface area contributed by atoms with Crippen molar-refractivity contribution >= 4 is 34.2 Å². The number of rotatable bonds is 3. The molecule has 1 atom stereocenters. The minimum atomic E-state index is -0.971. The number of hydrogen-bond donors (Lipinski definition) is 1. The lowest BCUT2D eigenvalue weighted by molar-refractivity contribution is 0.151. The maximum absolute atomic E-state index is 13.9. The summed E-state index contributed by atoms with van der Waals surface area (Å²) < 4.78 is 19.4. The molecule has 0 bridgehead atoms. The number of benzene rings is 2. The average Bonchev–Trinajstić information content (AvgIpc) is 2.89. The van der Waals surface area contributed by atoms with Crippen molar-refractivity contribution in [3.05, 3.63) is 69.7 Å². The zero-order valence-electron chi connectivity index (χ0n) is 10.8. The van der Waals surface area contributed by atoms with Crippen molar-refractivity contribution in [3.8, 4) is 0 Å². The Labute approximate surface area is 130 Å². The van der Waals surface area contributed by atoms with Gasteiger partial charge in [0.2, 0.25) is 0 Å². The number of furan rings is 1. The van der Waals surface area contributed by atoms with Crippen LogP contribution in [0.4, 0.5) is 4.39 Å². The molecular weight excluding hydrogens is 314 g/mol. The molecule has 1 N–H and O–H groups in total. The molecule has 0 aliphatic rings. The summed E-state index contributed by atoms with van der Waals surface area (Å²) >= 11 is 11.8. The molecule has 2 nitrogen and oxygen atoms in total. The Balaban J connectivity index is 1.92. The van der Waals surface area contributed by atoms with Crippen LogP contribution < -0.4 is 0 Å². The minimum Gasteiger partial charge on any atom is -0.457 e. The first-order chi connectivity index (χ1) is 10.1. The number of fused-ring (bicyclic) bond motifs is 1. The van der Waals surface area contributed by atoms with Crippen LogP contribution in [0.5, 0.6) is 0 Å². The molecule has 0 aliphatic carbocycles. The third kappa shape index (κ3) is 2.77. The van der Waals surface area contributed by atoms with E-state index in [2.05, 4.69) is 0 Å². The molecule has 21 heavy (non-hydrogen) atoms. The second-order valence-electron chi connectivity index (χ2n) is 4.74. The van der Waals surface area contributed by atoms with Crippen LogP contribution in [-0.4, -0.2) is 5.11 Å². The highest BCUT2D eigenvalue weighted by molar-refractivity contribution is 6.34. The maximum Gasteiger partial charge on any atom is 0.152 e. The van der Waals surface area contributed by atoms with Crippen LogP contribution in [0, 0.1) is 5.82 Å². The molecule has 0 amide bonds. The number of hydrogen-bond acceptors (Lipinski definition) is 2. The Bertz CT molecular complexity index is 798. The van der Waals surface area contributed by atoms with Crippen molar-refractivity contribution in [1.29, 1.82) is 0 Å². The van der Waals surface area contributed by atoms with E-state index in [9.17, 15) is 9.50 Å². The molecule has 2 aromatic carbocycles. The van der Waals surface area contributed by atoms with Crippen molar-refractivity contribution in [1.82, 2.24) is 0 Å². The largest absolute Gasteiger partial charge is 0.457 e. The van der Waals surface area contributed by atoms with Gasteiger partial charge in [-0.1, -0.05) is 47.5 Å². The van der Waals surface area contributed by atoms with Gasteiger partial charge in [0.25, 0.3) is 0 Å². The van der Waals surface area contributed by atoms with Gasteiger partial charge in [0.05, 0.1) is 10.0 Å². The Kier molecular flexibility index (Phi) is 3.89. The van der Waals surface area contributed by atoms with Gasteiger partial charge in [-0.05, 0) is 23.8 Å². The normalized spacial score (nSPS) is 12.8. The van der Waals surface area contributed by atoms with Gasteiger partial charge in [-0.2, -0.15) is 0 Å². The monoisotopic (exact) mass is 324 g/mol. The number of aliphatic hydroxyl groups excluding tert-OH is 1. The summed E-state index contributed by atoms with van der Waals surface area (Å²) in [6, 6.07) is 11.7. The highest BCUT2D eigenvalue weighted by Gasteiger charge is 2.18. The van der Waals surface area contributed by atoms with Gasteiger partial charge in [-0.25, -0.2) is 4.39 Å². The lowest BCUT2D eigenvalue weighted by Gasteiger charge is -2.09. The first kappa shape index (κ1) is 14.4. The minimum absolute atomic E-state index is 0.0346. The average molecular weight is 325 g/mol. The third-order valence-electron chi connectivity index (χ3n) is 3.29. The summed E-state index contributed by atoms with van der Waals surface area (Å²) in [5.41, 5.74) is 0.848. The molecule has 0 fully saturated rings. The Morgan fingerprint density at radius 3 is 2.57 bits per heavy atom. The van der Waals surface area contributed by atoms with Gasteiger partial charge < -0.3 is 9.52 Å². The van der Waals surface area contributed by atoms with Gasteiger partial charge in [0.1, 0.15) is 17.7 Å². The van der Waals surface area contributed by atoms with E-state index < -0.39 is 11.9 Å². The summed E-state index contributed by atoms with van der Waals surface area (Å²) in [7, 11) is 0. The van der Waals surface area contributed by atoms with Crippen molar-refractivity contribution in [3.63, 3.8) is 0 Å². The lowest BCUT2D eigenvalue weighted by atomic mass is 10.1. The SMILES string of the molecule is OC(Cc1cccc(Cl)c1F)c1cc2cccc(Cl)c2o1. The Morgan fingerprint density at radius 1 is 1.10 bits per heavy atom. The van der Waals surface area contributed by atoms with Gasteiger partial charge in [0.15, 0.2) is 5.58 Å². The maximum atomic E-state index is 13.9. The number of para-hydroxylation sites is 1. The number of halogens is 3. The van der Waals surface area contributed by atoms with Crippen LogP contribution in [-0.2, 0) is 6.42 Å². The predicted molar refractivity (Wildman–Crippen MR) is 81.3 cm³/mol. The summed E-state index contributed by atoms with van der Waals surface area (Å²) in [4.78, 5) is 0. The second-order valence-corrected chi connectivity index (χ2v) is 5.55. The van der Waals surface area contributed by atoms with E-state index in [1.807, 2.05) is 6.07 Å². The van der Waals surface area contributed by atoms with E-state index in [1.165, 1.54) is 6.07 Å². The zero-order chi connectivity index (χ0) is 15.0. The van der Waals surface area contributed by atoms with Crippen LogP contribution >= 0.6 is 23.2 Å². The molecule has 0 spiro atoms. The molecule has 1 heterocycles. The van der Waals surface area contributed by atoms with E-state index in [1.54, 1.807) is 30.3 Å². The van der Waals surface area contributed by atoms with E-state index in [-0.39, 0.29) is 11.4 Å². The summed E-state index contributed by atoms with van der Waals surface area (Å²) in [5.74, 6) is -0.176. The molecule has 0 saturated carbocycles. The van der Waals surface area contributed by atoms with Gasteiger partial charge in [0, 0.05) is 11.8 Å². The summed E-state index contributed by atoms with van der Waals surface area (Å²) in [6.45, 7) is 0. The van der Waals surface area contributed by atoms with E-state index in [4.69, 9.17) is 27.6 Å². The molecule has 5 heteroatoms. The quantitative estimate of drug-likeness (QED) is 0.722. The lowest BCUT2D eigenvalue weighted by Crippen LogP contribution is -2.02. The molecule has 0 aliphatic heterocycles. The van der Waals surface area contributed by atoms with Crippen LogP contribution in [0.3, 0.4) is 0 Å². The Morgan fingerprint density at radius 2 is 1.81 bits per heavy atom. The fourth-order valence-corrected chi connectivity index (χ4v) is 2.64. The molecule has 3 aromatic rings. The van der Waals surface area contributed by atoms with Crippen molar-refractivity contribution in [2.45, 2.75) is 12.5 Å². The topological polar surface area (TPSA) is 33.4 Å². The summed E-state index contributed by atoms with van der Waals surface area (Å²) in [5, 5.41) is 11.5. The smallest absolute Gasteiger partial charge is 0.152 e. The second kappa shape index (κ2) is 5.68. The zero-order valence-corrected chi connectivity index (χ0v) is 12.3. The fraction of sp³-hybridized carbons (Fsp3) is 0.125. The molecule has 0 saturated heterocycles. The van der Waals surface area contributed by atoms with Crippen molar-refractivity contribution in [2.24, 2.45) is 0 Å². The van der Waals surface area contributed by atoms with E-state index in [0.29, 0.717) is 21.9 Å². The first-order valence-electron chi connectivity index (χ1n) is 6.35. The summed E-state index contributed by atoms with van der Waals surface area (Å²) in [6.07, 6.45) is -0.898. The molecule has 0 radical (unpaired) electrons. The van der Waals surface area contributed by atoms with Crippen molar-refractivity contribution < 1.29 is 13.9 Å². The van der Waals surface area contributed by atoms with Gasteiger partial charge >= 0.3 is 0 Å². The standard InChI is InChI=1S/C16H11Cl2FO2/c17-11-5-1-3-9(15(11)19)7-13(20)14-8-10-4-2-6-12(18)16(10)21-14/h1-6,8,13,20H,7H2. The van der Waals surface area contributed by atoms with Crippen LogP contribution in [0.25, 0.3) is 11.0 Å². The molecule has 1 aromatic heterocycles. The number of aliphatic hydroxyl groups is 1. The van der Waals surface area contributed by atoms with Crippen LogP contribution in [0.2, 0.25) is 10.0 Å². The molecule has 1 unspecified atom stereocenters. The predicted octanol–water partition coefficient (Wildman–Crippen LogP) is 5.15.